The summed E-state index contributed by atoms with van der Waals surface area (Å²) in [7, 11) is 1.81. The lowest BCUT2D eigenvalue weighted by Gasteiger charge is -2.42. The van der Waals surface area contributed by atoms with Crippen LogP contribution < -0.4 is 21.1 Å². The van der Waals surface area contributed by atoms with Gasteiger partial charge in [-0.25, -0.2) is 19.2 Å². The molecule has 216 valence electrons. The number of alkyl halides is 1. The standard InChI is InChI=1S/C28H33FN8O4/c1-18-4-6-19(7-5-18)13-32-25(39)20-12-21-24(37(26(20)40)15-23(38)35-16-28(2,29)17-35)31-14-22(33-21)36-11-10-34(27(36)41)9-8-30-3/h4-7,12,14,30H,8-11,13,15-17H2,1-3H3,(H,32,39). The number of aromatic nitrogens is 3. The largest absolute Gasteiger partial charge is 0.348 e. The number of aryl methyl sites for hydroxylation is 1. The van der Waals surface area contributed by atoms with Gasteiger partial charge < -0.3 is 20.4 Å². The van der Waals surface area contributed by atoms with Gasteiger partial charge in [0.05, 0.1) is 19.3 Å². The molecule has 0 spiro atoms. The molecular weight excluding hydrogens is 531 g/mol. The molecule has 0 saturated carbocycles. The molecule has 1 aromatic carbocycles. The zero-order valence-electron chi connectivity index (χ0n) is 23.3. The number of amides is 4. The van der Waals surface area contributed by atoms with E-state index < -0.39 is 29.6 Å². The van der Waals surface area contributed by atoms with E-state index >= 15 is 0 Å². The topological polar surface area (TPSA) is 133 Å². The Morgan fingerprint density at radius 2 is 1.85 bits per heavy atom. The molecule has 2 saturated heterocycles. The summed E-state index contributed by atoms with van der Waals surface area (Å²) in [6.45, 7) is 5.07. The summed E-state index contributed by atoms with van der Waals surface area (Å²) in [6, 6.07) is 8.71. The molecule has 3 aromatic rings. The van der Waals surface area contributed by atoms with E-state index in [1.807, 2.05) is 38.2 Å². The number of nitrogens with one attached hydrogen (secondary N) is 2. The molecule has 41 heavy (non-hydrogen) atoms. The number of rotatable bonds is 9. The predicted molar refractivity (Wildman–Crippen MR) is 150 cm³/mol. The third kappa shape index (κ3) is 5.89. The van der Waals surface area contributed by atoms with Gasteiger partial charge >= 0.3 is 6.03 Å². The smallest absolute Gasteiger partial charge is 0.325 e. The number of likely N-dealkylation sites (N-methyl/N-ethyl adjacent to an activating group) is 1. The molecule has 2 aliphatic heterocycles. The van der Waals surface area contributed by atoms with Gasteiger partial charge in [0.2, 0.25) is 5.91 Å². The molecule has 4 heterocycles. The van der Waals surface area contributed by atoms with Crippen LogP contribution in [0, 0.1) is 6.92 Å². The molecule has 4 amide bonds. The van der Waals surface area contributed by atoms with Crippen LogP contribution in [0.25, 0.3) is 11.2 Å². The average Bonchev–Trinajstić information content (AvgIpc) is 3.30. The van der Waals surface area contributed by atoms with E-state index in [1.165, 1.54) is 29.0 Å². The number of hydrogen-bond acceptors (Lipinski definition) is 7. The van der Waals surface area contributed by atoms with Crippen LogP contribution in [-0.4, -0.2) is 94.2 Å². The molecule has 0 atom stereocenters. The molecule has 2 aromatic heterocycles. The Balaban J connectivity index is 1.47. The molecule has 2 aliphatic rings. The summed E-state index contributed by atoms with van der Waals surface area (Å²) in [5.74, 6) is -0.837. The highest BCUT2D eigenvalue weighted by atomic mass is 19.1. The van der Waals surface area contributed by atoms with Crippen molar-refractivity contribution in [3.05, 3.63) is 63.6 Å². The van der Waals surface area contributed by atoms with E-state index in [-0.39, 0.29) is 48.2 Å². The summed E-state index contributed by atoms with van der Waals surface area (Å²) >= 11 is 0. The Hall–Kier alpha value is -4.39. The first-order valence-electron chi connectivity index (χ1n) is 13.5. The maximum Gasteiger partial charge on any atom is 0.325 e. The molecule has 2 fully saturated rings. The number of fused-ring (bicyclic) bond motifs is 1. The van der Waals surface area contributed by atoms with Crippen molar-refractivity contribution < 1.29 is 18.8 Å². The van der Waals surface area contributed by atoms with E-state index in [2.05, 4.69) is 20.6 Å². The Morgan fingerprint density at radius 3 is 2.54 bits per heavy atom. The lowest BCUT2D eigenvalue weighted by Crippen LogP contribution is -2.60. The Morgan fingerprint density at radius 1 is 1.12 bits per heavy atom. The van der Waals surface area contributed by atoms with E-state index in [9.17, 15) is 23.6 Å². The lowest BCUT2D eigenvalue weighted by molar-refractivity contribution is -0.144. The van der Waals surface area contributed by atoms with Crippen molar-refractivity contribution in [3.63, 3.8) is 0 Å². The first-order chi connectivity index (χ1) is 19.6. The zero-order chi connectivity index (χ0) is 29.3. The predicted octanol–water partition coefficient (Wildman–Crippen LogP) is 1.06. The van der Waals surface area contributed by atoms with Crippen molar-refractivity contribution >= 4 is 34.8 Å². The van der Waals surface area contributed by atoms with Crippen molar-refractivity contribution in [2.45, 2.75) is 32.6 Å². The molecule has 0 radical (unpaired) electrons. The number of benzene rings is 1. The van der Waals surface area contributed by atoms with E-state index in [0.717, 1.165) is 15.7 Å². The number of carbonyl (C=O) groups excluding carboxylic acids is 3. The summed E-state index contributed by atoms with van der Waals surface area (Å²) in [4.78, 5) is 66.1. The fourth-order valence-corrected chi connectivity index (χ4v) is 4.97. The van der Waals surface area contributed by atoms with Gasteiger partial charge in [0, 0.05) is 32.7 Å². The second-order valence-electron chi connectivity index (χ2n) is 10.7. The number of anilines is 1. The van der Waals surface area contributed by atoms with Crippen molar-refractivity contribution in [2.75, 3.05) is 51.2 Å². The fraction of sp³-hybridized carbons (Fsp3) is 0.429. The van der Waals surface area contributed by atoms with Crippen LogP contribution in [0.2, 0.25) is 0 Å². The van der Waals surface area contributed by atoms with Gasteiger partial charge in [0.15, 0.2) is 11.5 Å². The van der Waals surface area contributed by atoms with Gasteiger partial charge in [-0.2, -0.15) is 0 Å². The summed E-state index contributed by atoms with van der Waals surface area (Å²) in [5.41, 5.74) is -0.212. The molecule has 12 nitrogen and oxygen atoms in total. The molecule has 13 heteroatoms. The quantitative estimate of drug-likeness (QED) is 0.397. The van der Waals surface area contributed by atoms with Crippen LogP contribution in [-0.2, 0) is 17.9 Å². The highest BCUT2D eigenvalue weighted by molar-refractivity contribution is 5.97. The van der Waals surface area contributed by atoms with Crippen LogP contribution in [0.5, 0.6) is 0 Å². The minimum absolute atomic E-state index is 0.0772. The molecule has 0 unspecified atom stereocenters. The third-order valence-electron chi connectivity index (χ3n) is 7.29. The molecule has 5 rings (SSSR count). The Kier molecular flexibility index (Phi) is 7.72. The van der Waals surface area contributed by atoms with Gasteiger partial charge in [0.1, 0.15) is 23.3 Å². The third-order valence-corrected chi connectivity index (χ3v) is 7.29. The van der Waals surface area contributed by atoms with Crippen molar-refractivity contribution in [2.24, 2.45) is 0 Å². The number of pyridine rings is 1. The molecule has 2 N–H and O–H groups in total. The first-order valence-corrected chi connectivity index (χ1v) is 13.5. The number of hydrogen-bond donors (Lipinski definition) is 2. The molecule has 0 aliphatic carbocycles. The second-order valence-corrected chi connectivity index (χ2v) is 10.7. The Labute approximate surface area is 236 Å². The van der Waals surface area contributed by atoms with Crippen LogP contribution in [0.15, 0.2) is 41.3 Å². The first kappa shape index (κ1) is 28.1. The molecular formula is C28H33FN8O4. The van der Waals surface area contributed by atoms with Crippen molar-refractivity contribution in [1.29, 1.82) is 0 Å². The molecule has 0 bridgehead atoms. The lowest BCUT2D eigenvalue weighted by atomic mass is 9.99. The normalized spacial score (nSPS) is 16.3. The number of likely N-dealkylation sites (tertiary alicyclic amines) is 1. The van der Waals surface area contributed by atoms with Crippen LogP contribution >= 0.6 is 0 Å². The highest BCUT2D eigenvalue weighted by Gasteiger charge is 2.41. The number of urea groups is 1. The number of halogens is 1. The van der Waals surface area contributed by atoms with E-state index in [4.69, 9.17) is 0 Å². The van der Waals surface area contributed by atoms with Crippen LogP contribution in [0.1, 0.15) is 28.4 Å². The van der Waals surface area contributed by atoms with Gasteiger partial charge in [-0.1, -0.05) is 29.8 Å². The van der Waals surface area contributed by atoms with Gasteiger partial charge in [-0.3, -0.25) is 23.9 Å². The monoisotopic (exact) mass is 564 g/mol. The van der Waals surface area contributed by atoms with Crippen molar-refractivity contribution in [1.82, 2.24) is 35.0 Å². The fourth-order valence-electron chi connectivity index (χ4n) is 4.97. The van der Waals surface area contributed by atoms with Gasteiger partial charge in [0.25, 0.3) is 11.5 Å². The van der Waals surface area contributed by atoms with Crippen LogP contribution in [0.4, 0.5) is 15.0 Å². The Bertz CT molecular complexity index is 1550. The average molecular weight is 565 g/mol. The SMILES string of the molecule is CNCCN1CCN(c2cnc3c(cc(C(=O)NCc4ccc(C)cc4)c(=O)n3CC(=O)N3CC(C)(F)C3)n2)C1=O. The maximum absolute atomic E-state index is 14.0. The van der Waals surface area contributed by atoms with E-state index in [0.29, 0.717) is 26.2 Å². The highest BCUT2D eigenvalue weighted by Crippen LogP contribution is 2.25. The van der Waals surface area contributed by atoms with Crippen LogP contribution in [0.3, 0.4) is 0 Å². The minimum Gasteiger partial charge on any atom is -0.348 e. The number of nitrogens with zero attached hydrogens (tertiary/aromatic N) is 6. The van der Waals surface area contributed by atoms with Crippen molar-refractivity contribution in [3.8, 4) is 0 Å². The minimum atomic E-state index is -1.47. The number of carbonyl (C=O) groups is 3. The summed E-state index contributed by atoms with van der Waals surface area (Å²) in [6.07, 6.45) is 1.38. The van der Waals surface area contributed by atoms with E-state index in [1.54, 1.807) is 4.90 Å². The zero-order valence-corrected chi connectivity index (χ0v) is 23.3. The second kappa shape index (κ2) is 11.2. The maximum atomic E-state index is 14.0. The van der Waals surface area contributed by atoms with Gasteiger partial charge in [-0.05, 0) is 32.5 Å². The van der Waals surface area contributed by atoms with Gasteiger partial charge in [-0.15, -0.1) is 0 Å². The summed E-state index contributed by atoms with van der Waals surface area (Å²) in [5, 5.41) is 5.78. The summed E-state index contributed by atoms with van der Waals surface area (Å²) < 4.78 is 15.1.